The van der Waals surface area contributed by atoms with Crippen LogP contribution < -0.4 is 15.3 Å². The molecular weight excluding hydrogens is 464 g/mol. The lowest BCUT2D eigenvalue weighted by molar-refractivity contribution is -0.142. The van der Waals surface area contributed by atoms with Gasteiger partial charge in [-0.15, -0.1) is 0 Å². The Morgan fingerprint density at radius 3 is 2.45 bits per heavy atom. The summed E-state index contributed by atoms with van der Waals surface area (Å²) in [4.78, 5) is 54.3. The van der Waals surface area contributed by atoms with Gasteiger partial charge in [-0.1, -0.05) is 36.9 Å². The highest BCUT2D eigenvalue weighted by Gasteiger charge is 2.59. The summed E-state index contributed by atoms with van der Waals surface area (Å²) in [7, 11) is -3.86. The van der Waals surface area contributed by atoms with Crippen LogP contribution in [0.4, 0.5) is 5.69 Å². The van der Waals surface area contributed by atoms with E-state index in [1.165, 1.54) is 24.3 Å². The molecule has 1 saturated heterocycles. The van der Waals surface area contributed by atoms with Gasteiger partial charge in [0.25, 0.3) is 0 Å². The predicted molar refractivity (Wildman–Crippen MR) is 114 cm³/mol. The Hall–Kier alpha value is -2.48. The fourth-order valence-electron chi connectivity index (χ4n) is 3.82. The maximum atomic E-state index is 13.1. The third-order valence-electron chi connectivity index (χ3n) is 5.34. The van der Waals surface area contributed by atoms with Crippen molar-refractivity contribution in [3.8, 4) is 0 Å². The second kappa shape index (κ2) is 7.29. The van der Waals surface area contributed by atoms with Crippen molar-refractivity contribution in [3.05, 3.63) is 38.8 Å². The van der Waals surface area contributed by atoms with E-state index in [-0.39, 0.29) is 9.77 Å². The lowest BCUT2D eigenvalue weighted by atomic mass is 9.76. The van der Waals surface area contributed by atoms with Gasteiger partial charge >= 0.3 is 4.87 Å². The number of hydrogen-bond donors (Lipinski definition) is 3. The number of anilines is 1. The van der Waals surface area contributed by atoms with Crippen molar-refractivity contribution in [2.75, 3.05) is 11.9 Å². The number of imide groups is 1. The number of aromatic amines is 1. The maximum Gasteiger partial charge on any atom is 0.305 e. The molecule has 2 atom stereocenters. The molecular formula is C18H18N4O6S3. The van der Waals surface area contributed by atoms with Crippen molar-refractivity contribution in [2.45, 2.75) is 34.4 Å². The number of rotatable bonds is 4. The summed E-state index contributed by atoms with van der Waals surface area (Å²) in [5, 5.41) is 7.45. The van der Waals surface area contributed by atoms with Crippen LogP contribution >= 0.6 is 23.1 Å². The molecule has 0 spiro atoms. The van der Waals surface area contributed by atoms with Crippen LogP contribution in [-0.4, -0.2) is 47.8 Å². The lowest BCUT2D eigenvalue weighted by Crippen LogP contribution is -2.42. The van der Waals surface area contributed by atoms with E-state index in [9.17, 15) is 27.6 Å². The van der Waals surface area contributed by atoms with Crippen molar-refractivity contribution >= 4 is 56.5 Å². The minimum Gasteiger partial charge on any atom is -0.325 e. The number of carbonyl (C=O) groups excluding carboxylic acids is 3. The number of fused-ring (bicyclic) bond motifs is 2. The standard InChI is InChI=1S/C18H18N4O6S3/c1-18(2)11-12(29-14-13(18)30-17(26)21-14)16(25)22(15(11)24)7-10(23)20-8-3-5-9(6-4-8)31(19,27)28/h3-6,11-12H,7H2,1-2H3,(H,20,23)(H,21,26)(H2,19,27,28)/t11-,12+/m1/s1. The second-order valence-corrected chi connectivity index (χ2v) is 11.5. The molecule has 0 unspecified atom stereocenters. The molecule has 4 N–H and O–H groups in total. The van der Waals surface area contributed by atoms with E-state index >= 15 is 0 Å². The molecule has 1 aromatic carbocycles. The number of sulfonamides is 1. The monoisotopic (exact) mass is 482 g/mol. The average Bonchev–Trinajstić information content (AvgIpc) is 3.15. The van der Waals surface area contributed by atoms with Crippen LogP contribution in [0.1, 0.15) is 18.7 Å². The summed E-state index contributed by atoms with van der Waals surface area (Å²) in [6.07, 6.45) is 0. The van der Waals surface area contributed by atoms with Crippen LogP contribution in [0.25, 0.3) is 0 Å². The SMILES string of the molecule is CC1(C)c2sc(=O)[nH]c2S[C@@H]2C(=O)N(CC(=O)Nc3ccc(S(N)(=O)=O)cc3)C(=O)[C@@H]21. The predicted octanol–water partition coefficient (Wildman–Crippen LogP) is 0.459. The Bertz CT molecular complexity index is 1260. The molecule has 0 bridgehead atoms. The lowest BCUT2D eigenvalue weighted by Gasteiger charge is -2.36. The number of nitrogens with two attached hydrogens (primary N) is 1. The maximum absolute atomic E-state index is 13.1. The van der Waals surface area contributed by atoms with Crippen LogP contribution in [0.3, 0.4) is 0 Å². The van der Waals surface area contributed by atoms with Gasteiger partial charge in [0.15, 0.2) is 0 Å². The van der Waals surface area contributed by atoms with E-state index in [0.29, 0.717) is 10.7 Å². The Morgan fingerprint density at radius 2 is 1.84 bits per heavy atom. The molecule has 1 aromatic heterocycles. The van der Waals surface area contributed by atoms with Crippen LogP contribution in [0.2, 0.25) is 0 Å². The highest BCUT2D eigenvalue weighted by molar-refractivity contribution is 8.00. The summed E-state index contributed by atoms with van der Waals surface area (Å²) in [6, 6.07) is 5.20. The van der Waals surface area contributed by atoms with Crippen molar-refractivity contribution < 1.29 is 22.8 Å². The number of nitrogens with zero attached hydrogens (tertiary/aromatic N) is 1. The van der Waals surface area contributed by atoms with Gasteiger partial charge in [-0.05, 0) is 24.3 Å². The highest BCUT2D eigenvalue weighted by atomic mass is 32.2. The molecule has 164 valence electrons. The summed E-state index contributed by atoms with van der Waals surface area (Å²) in [6.45, 7) is 3.16. The summed E-state index contributed by atoms with van der Waals surface area (Å²) in [5.74, 6) is -2.23. The molecule has 0 aliphatic carbocycles. The minimum atomic E-state index is -3.86. The van der Waals surface area contributed by atoms with E-state index < -0.39 is 50.9 Å². The number of thioether (sulfide) groups is 1. The molecule has 2 aliphatic heterocycles. The molecule has 31 heavy (non-hydrogen) atoms. The van der Waals surface area contributed by atoms with E-state index in [1.54, 1.807) is 0 Å². The van der Waals surface area contributed by atoms with Crippen molar-refractivity contribution in [2.24, 2.45) is 11.1 Å². The molecule has 10 nitrogen and oxygen atoms in total. The topological polar surface area (TPSA) is 160 Å². The zero-order valence-corrected chi connectivity index (χ0v) is 18.8. The fourth-order valence-corrected chi connectivity index (χ4v) is 7.14. The molecule has 0 saturated carbocycles. The molecule has 13 heteroatoms. The van der Waals surface area contributed by atoms with Crippen molar-refractivity contribution in [1.29, 1.82) is 0 Å². The number of aromatic nitrogens is 1. The van der Waals surface area contributed by atoms with Crippen LogP contribution in [0, 0.1) is 5.92 Å². The van der Waals surface area contributed by atoms with Gasteiger partial charge in [0.05, 0.1) is 15.8 Å². The molecule has 4 rings (SSSR count). The summed E-state index contributed by atoms with van der Waals surface area (Å²) < 4.78 is 22.6. The smallest absolute Gasteiger partial charge is 0.305 e. The van der Waals surface area contributed by atoms with Gasteiger partial charge in [-0.3, -0.25) is 24.1 Å². The van der Waals surface area contributed by atoms with Gasteiger partial charge in [0.2, 0.25) is 27.7 Å². The van der Waals surface area contributed by atoms with E-state index in [4.69, 9.17) is 5.14 Å². The van der Waals surface area contributed by atoms with Crippen LogP contribution in [0.15, 0.2) is 39.0 Å². The van der Waals surface area contributed by atoms with E-state index in [1.807, 2.05) is 13.8 Å². The molecule has 1 fully saturated rings. The van der Waals surface area contributed by atoms with Gasteiger partial charge in [-0.2, -0.15) is 0 Å². The summed E-state index contributed by atoms with van der Waals surface area (Å²) >= 11 is 2.17. The minimum absolute atomic E-state index is 0.107. The average molecular weight is 483 g/mol. The third-order valence-corrected chi connectivity index (χ3v) is 8.89. The number of amides is 3. The quantitative estimate of drug-likeness (QED) is 0.534. The zero-order valence-electron chi connectivity index (χ0n) is 16.4. The molecule has 3 amide bonds. The summed E-state index contributed by atoms with van der Waals surface area (Å²) in [5.41, 5.74) is -0.445. The molecule has 2 aliphatic rings. The number of hydrogen-bond acceptors (Lipinski definition) is 8. The fraction of sp³-hybridized carbons (Fsp3) is 0.333. The van der Waals surface area contributed by atoms with Crippen LogP contribution in [-0.2, 0) is 29.8 Å². The largest absolute Gasteiger partial charge is 0.325 e. The third kappa shape index (κ3) is 3.71. The van der Waals surface area contributed by atoms with E-state index in [2.05, 4.69) is 10.3 Å². The number of benzene rings is 1. The first-order valence-electron chi connectivity index (χ1n) is 9.08. The van der Waals surface area contributed by atoms with Gasteiger partial charge in [0.1, 0.15) is 11.8 Å². The second-order valence-electron chi connectivity index (χ2n) is 7.79. The van der Waals surface area contributed by atoms with Crippen molar-refractivity contribution in [1.82, 2.24) is 9.88 Å². The molecule has 0 radical (unpaired) electrons. The Balaban J connectivity index is 1.51. The number of carbonyl (C=O) groups is 3. The first kappa shape index (κ1) is 21.7. The zero-order chi connectivity index (χ0) is 22.7. The first-order chi connectivity index (χ1) is 14.4. The Kier molecular flexibility index (Phi) is 5.11. The van der Waals surface area contributed by atoms with Gasteiger partial charge in [-0.25, -0.2) is 13.6 Å². The van der Waals surface area contributed by atoms with Crippen molar-refractivity contribution in [3.63, 3.8) is 0 Å². The van der Waals surface area contributed by atoms with E-state index in [0.717, 1.165) is 32.9 Å². The van der Waals surface area contributed by atoms with Gasteiger partial charge < -0.3 is 10.3 Å². The number of nitrogens with one attached hydrogen (secondary N) is 2. The number of H-pyrrole nitrogens is 1. The molecule has 2 aromatic rings. The number of primary sulfonamides is 1. The number of thiazole rings is 1. The normalized spacial score (nSPS) is 22.2. The number of likely N-dealkylation sites (tertiary alicyclic amines) is 1. The Labute approximate surface area is 185 Å². The van der Waals surface area contributed by atoms with Crippen LogP contribution in [0.5, 0.6) is 0 Å². The highest BCUT2D eigenvalue weighted by Crippen LogP contribution is 2.52. The first-order valence-corrected chi connectivity index (χ1v) is 12.3. The Morgan fingerprint density at radius 1 is 1.19 bits per heavy atom. The van der Waals surface area contributed by atoms with Gasteiger partial charge in [0, 0.05) is 16.0 Å². The molecule has 3 heterocycles.